The van der Waals surface area contributed by atoms with Gasteiger partial charge in [-0.3, -0.25) is 10.1 Å². The van der Waals surface area contributed by atoms with Crippen molar-refractivity contribution in [1.29, 1.82) is 0 Å². The predicted molar refractivity (Wildman–Crippen MR) is 58.3 cm³/mol. The molecule has 0 radical (unpaired) electrons. The van der Waals surface area contributed by atoms with Gasteiger partial charge in [0.05, 0.1) is 5.92 Å². The van der Waals surface area contributed by atoms with Crippen LogP contribution in [0.15, 0.2) is 0 Å². The van der Waals surface area contributed by atoms with Crippen molar-refractivity contribution in [3.63, 3.8) is 0 Å². The first-order chi connectivity index (χ1) is 7.08. The van der Waals surface area contributed by atoms with Crippen LogP contribution in [0.25, 0.3) is 0 Å². The van der Waals surface area contributed by atoms with Crippen molar-refractivity contribution in [2.45, 2.75) is 33.6 Å². The molecule has 1 rings (SSSR count). The van der Waals surface area contributed by atoms with Gasteiger partial charge in [0.1, 0.15) is 0 Å². The molecular formula is C11H20N2O2. The smallest absolute Gasteiger partial charge is 0.323 e. The van der Waals surface area contributed by atoms with E-state index in [1.807, 2.05) is 6.92 Å². The van der Waals surface area contributed by atoms with Crippen LogP contribution >= 0.6 is 0 Å². The first-order valence-electron chi connectivity index (χ1n) is 5.68. The topological polar surface area (TPSA) is 49.4 Å². The summed E-state index contributed by atoms with van der Waals surface area (Å²) in [5.74, 6) is 0.300. The van der Waals surface area contributed by atoms with E-state index in [1.54, 1.807) is 4.90 Å². The van der Waals surface area contributed by atoms with E-state index in [-0.39, 0.29) is 17.9 Å². The lowest BCUT2D eigenvalue weighted by atomic mass is 10.0. The summed E-state index contributed by atoms with van der Waals surface area (Å²) in [6.45, 7) is 7.43. The van der Waals surface area contributed by atoms with Crippen LogP contribution in [0.3, 0.4) is 0 Å². The minimum Gasteiger partial charge on any atom is -0.323 e. The summed E-state index contributed by atoms with van der Waals surface area (Å²) in [6.07, 6.45) is 2.14. The van der Waals surface area contributed by atoms with E-state index in [9.17, 15) is 9.59 Å². The molecule has 1 atom stereocenters. The number of amides is 3. The Morgan fingerprint density at radius 1 is 1.40 bits per heavy atom. The molecule has 0 bridgehead atoms. The third-order valence-corrected chi connectivity index (χ3v) is 3.09. The average molecular weight is 212 g/mol. The van der Waals surface area contributed by atoms with Crippen molar-refractivity contribution < 1.29 is 9.59 Å². The molecule has 1 aliphatic heterocycles. The molecule has 0 aromatic rings. The van der Waals surface area contributed by atoms with E-state index in [1.165, 1.54) is 0 Å². The molecule has 3 amide bonds. The molecule has 1 saturated heterocycles. The second-order valence-corrected chi connectivity index (χ2v) is 4.28. The number of carbonyl (C=O) groups excluding carboxylic acids is 2. The van der Waals surface area contributed by atoms with Gasteiger partial charge in [-0.15, -0.1) is 0 Å². The first kappa shape index (κ1) is 12.0. The molecule has 4 nitrogen and oxygen atoms in total. The third kappa shape index (κ3) is 2.94. The van der Waals surface area contributed by atoms with Crippen LogP contribution in [0.1, 0.15) is 33.6 Å². The van der Waals surface area contributed by atoms with Gasteiger partial charge in [-0.25, -0.2) is 4.79 Å². The maximum Gasteiger partial charge on any atom is 0.324 e. The fraction of sp³-hybridized carbons (Fsp3) is 0.818. The van der Waals surface area contributed by atoms with E-state index in [2.05, 4.69) is 19.2 Å². The Morgan fingerprint density at radius 2 is 2.00 bits per heavy atom. The minimum atomic E-state index is -0.231. The van der Waals surface area contributed by atoms with Crippen molar-refractivity contribution in [2.24, 2.45) is 11.8 Å². The van der Waals surface area contributed by atoms with Crippen molar-refractivity contribution in [3.8, 4) is 0 Å². The molecule has 1 fully saturated rings. The summed E-state index contributed by atoms with van der Waals surface area (Å²) >= 11 is 0. The lowest BCUT2D eigenvalue weighted by Crippen LogP contribution is -2.54. The number of hydrogen-bond acceptors (Lipinski definition) is 2. The Labute approximate surface area is 91.0 Å². The highest BCUT2D eigenvalue weighted by Gasteiger charge is 2.29. The van der Waals surface area contributed by atoms with Gasteiger partial charge in [-0.05, 0) is 5.92 Å². The quantitative estimate of drug-likeness (QED) is 0.769. The lowest BCUT2D eigenvalue weighted by Gasteiger charge is -2.32. The molecule has 1 unspecified atom stereocenters. The zero-order valence-corrected chi connectivity index (χ0v) is 9.75. The van der Waals surface area contributed by atoms with Gasteiger partial charge in [-0.2, -0.15) is 0 Å². The fourth-order valence-corrected chi connectivity index (χ4v) is 1.82. The minimum absolute atomic E-state index is 0.0861. The zero-order chi connectivity index (χ0) is 11.4. The highest BCUT2D eigenvalue weighted by Crippen LogP contribution is 2.14. The Kier molecular flexibility index (Phi) is 4.12. The molecule has 15 heavy (non-hydrogen) atoms. The second-order valence-electron chi connectivity index (χ2n) is 4.28. The van der Waals surface area contributed by atoms with Crippen molar-refractivity contribution in [2.75, 3.05) is 13.1 Å². The Balaban J connectivity index is 2.54. The summed E-state index contributed by atoms with van der Waals surface area (Å²) in [5, 5.41) is 2.38. The maximum absolute atomic E-state index is 11.5. The largest absolute Gasteiger partial charge is 0.324 e. The number of nitrogens with one attached hydrogen (secondary N) is 1. The summed E-state index contributed by atoms with van der Waals surface area (Å²) in [5.41, 5.74) is 0. The summed E-state index contributed by atoms with van der Waals surface area (Å²) in [7, 11) is 0. The molecule has 86 valence electrons. The molecule has 0 aromatic carbocycles. The van der Waals surface area contributed by atoms with E-state index in [0.29, 0.717) is 12.5 Å². The van der Waals surface area contributed by atoms with Crippen molar-refractivity contribution in [3.05, 3.63) is 0 Å². The van der Waals surface area contributed by atoms with E-state index < -0.39 is 0 Å². The van der Waals surface area contributed by atoms with Gasteiger partial charge in [-0.1, -0.05) is 33.6 Å². The molecule has 0 spiro atoms. The van der Waals surface area contributed by atoms with E-state index >= 15 is 0 Å². The second kappa shape index (κ2) is 5.14. The molecule has 1 heterocycles. The first-order valence-corrected chi connectivity index (χ1v) is 5.68. The summed E-state index contributed by atoms with van der Waals surface area (Å²) < 4.78 is 0. The molecule has 0 saturated carbocycles. The lowest BCUT2D eigenvalue weighted by molar-refractivity contribution is -0.125. The number of hydrogen-bond donors (Lipinski definition) is 1. The molecule has 4 heteroatoms. The van der Waals surface area contributed by atoms with Crippen molar-refractivity contribution >= 4 is 11.9 Å². The van der Waals surface area contributed by atoms with Crippen molar-refractivity contribution in [1.82, 2.24) is 10.2 Å². The van der Waals surface area contributed by atoms with Crippen LogP contribution in [0.2, 0.25) is 0 Å². The van der Waals surface area contributed by atoms with Crippen LogP contribution < -0.4 is 5.32 Å². The number of rotatable bonds is 4. The van der Waals surface area contributed by atoms with Gasteiger partial charge in [0, 0.05) is 13.1 Å². The highest BCUT2D eigenvalue weighted by molar-refractivity contribution is 5.97. The summed E-state index contributed by atoms with van der Waals surface area (Å²) in [6, 6.07) is -0.231. The molecular weight excluding hydrogens is 192 g/mol. The average Bonchev–Trinajstić information content (AvgIpc) is 2.21. The molecule has 0 aliphatic carbocycles. The zero-order valence-electron chi connectivity index (χ0n) is 9.75. The Hall–Kier alpha value is -1.06. The number of urea groups is 1. The van der Waals surface area contributed by atoms with Crippen LogP contribution in [0.4, 0.5) is 4.79 Å². The number of carbonyl (C=O) groups is 2. The number of nitrogens with zero attached hydrogens (tertiary/aromatic N) is 1. The summed E-state index contributed by atoms with van der Waals surface area (Å²) in [4.78, 5) is 24.5. The fourth-order valence-electron chi connectivity index (χ4n) is 1.82. The molecule has 0 aromatic heterocycles. The SMILES string of the molecule is CCC(CC)CN1CC(C)C(=O)NC1=O. The van der Waals surface area contributed by atoms with Crippen LogP contribution in [0.5, 0.6) is 0 Å². The van der Waals surface area contributed by atoms with Gasteiger partial charge in [0.2, 0.25) is 5.91 Å². The monoisotopic (exact) mass is 212 g/mol. The highest BCUT2D eigenvalue weighted by atomic mass is 16.2. The standard InChI is InChI=1S/C11H20N2O2/c1-4-9(5-2)7-13-6-8(3)10(14)12-11(13)15/h8-9H,4-7H2,1-3H3,(H,12,14,15). The van der Waals surface area contributed by atoms with Gasteiger partial charge >= 0.3 is 6.03 Å². The van der Waals surface area contributed by atoms with Gasteiger partial charge < -0.3 is 4.90 Å². The normalized spacial score (nSPS) is 22.1. The van der Waals surface area contributed by atoms with Gasteiger partial charge in [0.15, 0.2) is 0 Å². The van der Waals surface area contributed by atoms with Crippen LogP contribution in [0, 0.1) is 11.8 Å². The van der Waals surface area contributed by atoms with E-state index in [0.717, 1.165) is 19.4 Å². The number of imide groups is 1. The predicted octanol–water partition coefficient (Wildman–Crippen LogP) is 1.61. The van der Waals surface area contributed by atoms with Crippen LogP contribution in [-0.2, 0) is 4.79 Å². The Morgan fingerprint density at radius 3 is 2.53 bits per heavy atom. The van der Waals surface area contributed by atoms with E-state index in [4.69, 9.17) is 0 Å². The van der Waals surface area contributed by atoms with Gasteiger partial charge in [0.25, 0.3) is 0 Å². The molecule has 1 aliphatic rings. The third-order valence-electron chi connectivity index (χ3n) is 3.09. The molecule has 1 N–H and O–H groups in total. The van der Waals surface area contributed by atoms with Crippen LogP contribution in [-0.4, -0.2) is 29.9 Å². The maximum atomic E-state index is 11.5. The Bertz CT molecular complexity index is 249.